The molecule has 0 fully saturated rings. The van der Waals surface area contributed by atoms with Crippen molar-refractivity contribution in [2.75, 3.05) is 6.61 Å². The molecule has 66 valence electrons. The molecule has 4 heteroatoms. The Morgan fingerprint density at radius 2 is 2.09 bits per heavy atom. The second-order valence-electron chi connectivity index (χ2n) is 2.38. The van der Waals surface area contributed by atoms with E-state index in [1.165, 1.54) is 0 Å². The van der Waals surface area contributed by atoms with Crippen molar-refractivity contribution < 1.29 is 18.3 Å². The Hall–Kier alpha value is -0.670. The Morgan fingerprint density at radius 1 is 1.55 bits per heavy atom. The van der Waals surface area contributed by atoms with E-state index in [9.17, 15) is 13.6 Å². The molecule has 0 aromatic heterocycles. The number of carbonyl (C=O) groups is 1. The Kier molecular flexibility index (Phi) is 4.00. The summed E-state index contributed by atoms with van der Waals surface area (Å²) in [4.78, 5) is 10.5. The maximum Gasteiger partial charge on any atom is 0.305 e. The zero-order valence-corrected chi connectivity index (χ0v) is 6.69. The highest BCUT2D eigenvalue weighted by Gasteiger charge is 2.22. The summed E-state index contributed by atoms with van der Waals surface area (Å²) in [5, 5.41) is 0. The fraction of sp³-hybridized carbons (Fsp3) is 0.857. The first-order valence-electron chi connectivity index (χ1n) is 3.49. The quantitative estimate of drug-likeness (QED) is 0.597. The Bertz CT molecular complexity index is 129. The maximum atomic E-state index is 12.1. The number of halogens is 2. The van der Waals surface area contributed by atoms with Gasteiger partial charge < -0.3 is 4.74 Å². The summed E-state index contributed by atoms with van der Waals surface area (Å²) < 4.78 is 28.7. The minimum atomic E-state index is -2.77. The average molecular weight is 166 g/mol. The number of alkyl halides is 2. The van der Waals surface area contributed by atoms with Crippen molar-refractivity contribution in [1.29, 1.82) is 0 Å². The Morgan fingerprint density at radius 3 is 2.45 bits per heavy atom. The van der Waals surface area contributed by atoms with E-state index in [2.05, 4.69) is 4.74 Å². The monoisotopic (exact) mass is 166 g/mol. The van der Waals surface area contributed by atoms with Crippen molar-refractivity contribution in [3.05, 3.63) is 0 Å². The van der Waals surface area contributed by atoms with Gasteiger partial charge in [0.05, 0.1) is 13.0 Å². The maximum absolute atomic E-state index is 12.1. The first-order chi connectivity index (χ1) is 4.95. The van der Waals surface area contributed by atoms with Gasteiger partial charge in [0, 0.05) is 6.42 Å². The van der Waals surface area contributed by atoms with Crippen LogP contribution in [0.2, 0.25) is 0 Å². The summed E-state index contributed by atoms with van der Waals surface area (Å²) in [5.74, 6) is -3.33. The highest BCUT2D eigenvalue weighted by Crippen LogP contribution is 2.18. The van der Waals surface area contributed by atoms with Crippen molar-refractivity contribution in [2.45, 2.75) is 32.6 Å². The second kappa shape index (κ2) is 4.26. The van der Waals surface area contributed by atoms with E-state index in [0.29, 0.717) is 0 Å². The third-order valence-corrected chi connectivity index (χ3v) is 1.07. The number of hydrogen-bond acceptors (Lipinski definition) is 2. The van der Waals surface area contributed by atoms with Gasteiger partial charge in [-0.05, 0) is 13.8 Å². The minimum Gasteiger partial charge on any atom is -0.466 e. The fourth-order valence-electron chi connectivity index (χ4n) is 0.555. The van der Waals surface area contributed by atoms with Gasteiger partial charge in [0.15, 0.2) is 0 Å². The molecular formula is C7H12F2O2. The summed E-state index contributed by atoms with van der Waals surface area (Å²) in [6.07, 6.45) is -0.650. The lowest BCUT2D eigenvalue weighted by atomic mass is 10.2. The number of ether oxygens (including phenoxy) is 1. The molecular weight excluding hydrogens is 154 g/mol. The third-order valence-electron chi connectivity index (χ3n) is 1.07. The van der Waals surface area contributed by atoms with Gasteiger partial charge in [-0.2, -0.15) is 0 Å². The first-order valence-corrected chi connectivity index (χ1v) is 3.49. The molecule has 0 saturated carbocycles. The molecule has 0 aliphatic heterocycles. The molecule has 2 nitrogen and oxygen atoms in total. The number of esters is 1. The average Bonchev–Trinajstić information content (AvgIpc) is 1.83. The van der Waals surface area contributed by atoms with E-state index in [1.807, 2.05) is 0 Å². The van der Waals surface area contributed by atoms with E-state index >= 15 is 0 Å². The minimum absolute atomic E-state index is 0.211. The van der Waals surface area contributed by atoms with Crippen LogP contribution in [0, 0.1) is 0 Å². The summed E-state index contributed by atoms with van der Waals surface area (Å²) in [6.45, 7) is 2.67. The van der Waals surface area contributed by atoms with Crippen molar-refractivity contribution in [1.82, 2.24) is 0 Å². The summed E-state index contributed by atoms with van der Waals surface area (Å²) in [5.41, 5.74) is 0. The van der Waals surface area contributed by atoms with Crippen LogP contribution < -0.4 is 0 Å². The van der Waals surface area contributed by atoms with Crippen LogP contribution in [0.1, 0.15) is 26.7 Å². The zero-order chi connectivity index (χ0) is 8.91. The molecule has 0 aliphatic carbocycles. The van der Waals surface area contributed by atoms with Crippen molar-refractivity contribution in [3.63, 3.8) is 0 Å². The van der Waals surface area contributed by atoms with Gasteiger partial charge in [0.25, 0.3) is 0 Å². The Balaban J connectivity index is 3.46. The van der Waals surface area contributed by atoms with Gasteiger partial charge in [0.1, 0.15) is 0 Å². The van der Waals surface area contributed by atoms with Gasteiger partial charge >= 0.3 is 5.97 Å². The molecule has 0 bridgehead atoms. The molecule has 0 aliphatic rings. The highest BCUT2D eigenvalue weighted by molar-refractivity contribution is 5.69. The van der Waals surface area contributed by atoms with Gasteiger partial charge in [-0.15, -0.1) is 0 Å². The highest BCUT2D eigenvalue weighted by atomic mass is 19.3. The SMILES string of the molecule is CCOC(=O)CCC(C)(F)F. The summed E-state index contributed by atoms with van der Waals surface area (Å²) in [7, 11) is 0. The predicted octanol–water partition coefficient (Wildman–Crippen LogP) is 1.98. The molecule has 0 amide bonds. The van der Waals surface area contributed by atoms with Crippen LogP contribution in [0.5, 0.6) is 0 Å². The van der Waals surface area contributed by atoms with Crippen LogP contribution >= 0.6 is 0 Å². The van der Waals surface area contributed by atoms with Gasteiger partial charge in [-0.1, -0.05) is 0 Å². The predicted molar refractivity (Wildman–Crippen MR) is 36.5 cm³/mol. The third kappa shape index (κ3) is 7.22. The molecule has 0 N–H and O–H groups in total. The number of carbonyl (C=O) groups excluding carboxylic acids is 1. The molecule has 0 aromatic carbocycles. The largest absolute Gasteiger partial charge is 0.466 e. The molecule has 0 aromatic rings. The molecule has 0 saturated heterocycles. The van der Waals surface area contributed by atoms with Crippen LogP contribution in [-0.2, 0) is 9.53 Å². The Labute approximate surface area is 64.5 Å². The van der Waals surface area contributed by atoms with Gasteiger partial charge in [-0.3, -0.25) is 4.79 Å². The van der Waals surface area contributed by atoms with Crippen LogP contribution in [0.4, 0.5) is 8.78 Å². The van der Waals surface area contributed by atoms with Crippen LogP contribution in [0.15, 0.2) is 0 Å². The number of hydrogen-bond donors (Lipinski definition) is 0. The van der Waals surface area contributed by atoms with Crippen LogP contribution in [0.25, 0.3) is 0 Å². The first kappa shape index (κ1) is 10.3. The van der Waals surface area contributed by atoms with Gasteiger partial charge in [-0.25, -0.2) is 8.78 Å². The van der Waals surface area contributed by atoms with E-state index in [-0.39, 0.29) is 13.0 Å². The molecule has 0 spiro atoms. The van der Waals surface area contributed by atoms with Crippen molar-refractivity contribution >= 4 is 5.97 Å². The van der Waals surface area contributed by atoms with E-state index in [0.717, 1.165) is 6.92 Å². The fourth-order valence-corrected chi connectivity index (χ4v) is 0.555. The smallest absolute Gasteiger partial charge is 0.305 e. The topological polar surface area (TPSA) is 26.3 Å². The molecule has 0 atom stereocenters. The van der Waals surface area contributed by atoms with E-state index < -0.39 is 18.3 Å². The number of rotatable bonds is 4. The molecule has 0 unspecified atom stereocenters. The lowest BCUT2D eigenvalue weighted by Gasteiger charge is -2.08. The molecule has 0 heterocycles. The standard InChI is InChI=1S/C7H12F2O2/c1-3-11-6(10)4-5-7(2,8)9/h3-5H2,1-2H3. The zero-order valence-electron chi connectivity index (χ0n) is 6.69. The summed E-state index contributed by atoms with van der Waals surface area (Å²) >= 11 is 0. The normalized spacial score (nSPS) is 11.3. The molecule has 11 heavy (non-hydrogen) atoms. The molecule has 0 rings (SSSR count). The van der Waals surface area contributed by atoms with E-state index in [4.69, 9.17) is 0 Å². The van der Waals surface area contributed by atoms with Crippen molar-refractivity contribution in [3.8, 4) is 0 Å². The lowest BCUT2D eigenvalue weighted by molar-refractivity contribution is -0.145. The molecule has 0 radical (unpaired) electrons. The summed E-state index contributed by atoms with van der Waals surface area (Å²) in [6, 6.07) is 0. The van der Waals surface area contributed by atoms with Crippen molar-refractivity contribution in [2.24, 2.45) is 0 Å². The van der Waals surface area contributed by atoms with Gasteiger partial charge in [0.2, 0.25) is 5.92 Å². The van der Waals surface area contributed by atoms with E-state index in [1.54, 1.807) is 6.92 Å². The second-order valence-corrected chi connectivity index (χ2v) is 2.38. The van der Waals surface area contributed by atoms with Crippen LogP contribution in [-0.4, -0.2) is 18.5 Å². The van der Waals surface area contributed by atoms with Crippen LogP contribution in [0.3, 0.4) is 0 Å². The lowest BCUT2D eigenvalue weighted by Crippen LogP contribution is -2.13.